The first kappa shape index (κ1) is 22.2. The molecule has 7 heteroatoms. The van der Waals surface area contributed by atoms with Crippen LogP contribution in [-0.2, 0) is 9.84 Å². The number of nitrogens with zero attached hydrogens (tertiary/aromatic N) is 2. The standard InChI is InChI=1S/C16H36N4O2S/c1-8-14(9-2)15(20(5)6)12-18-16(17-4)19-13(3)10-11-23(7,21)22/h13-15H,8-12H2,1-7H3,(H2,17,18,19). The van der Waals surface area contributed by atoms with Gasteiger partial charge in [0.1, 0.15) is 9.84 Å². The second-order valence-corrected chi connectivity index (χ2v) is 8.78. The fourth-order valence-electron chi connectivity index (χ4n) is 2.70. The molecule has 0 spiro atoms. The highest BCUT2D eigenvalue weighted by atomic mass is 32.2. The molecule has 0 saturated carbocycles. The van der Waals surface area contributed by atoms with Gasteiger partial charge in [-0.25, -0.2) is 8.42 Å². The van der Waals surface area contributed by atoms with Crippen molar-refractivity contribution in [1.29, 1.82) is 0 Å². The van der Waals surface area contributed by atoms with Crippen LogP contribution in [0.4, 0.5) is 0 Å². The lowest BCUT2D eigenvalue weighted by molar-refractivity contribution is 0.200. The molecule has 0 saturated heterocycles. The van der Waals surface area contributed by atoms with Gasteiger partial charge in [0, 0.05) is 31.9 Å². The first-order chi connectivity index (χ1) is 10.6. The Labute approximate surface area is 143 Å². The molecule has 23 heavy (non-hydrogen) atoms. The highest BCUT2D eigenvalue weighted by molar-refractivity contribution is 7.90. The van der Waals surface area contributed by atoms with Gasteiger partial charge in [-0.05, 0) is 33.4 Å². The minimum absolute atomic E-state index is 0.0573. The van der Waals surface area contributed by atoms with Crippen LogP contribution in [0, 0.1) is 5.92 Å². The van der Waals surface area contributed by atoms with Gasteiger partial charge in [0.15, 0.2) is 5.96 Å². The first-order valence-electron chi connectivity index (χ1n) is 8.45. The van der Waals surface area contributed by atoms with Crippen LogP contribution in [0.5, 0.6) is 0 Å². The Bertz CT molecular complexity index is 445. The number of nitrogens with one attached hydrogen (secondary N) is 2. The topological polar surface area (TPSA) is 73.8 Å². The van der Waals surface area contributed by atoms with E-state index in [9.17, 15) is 8.42 Å². The van der Waals surface area contributed by atoms with E-state index < -0.39 is 9.84 Å². The molecular formula is C16H36N4O2S. The third-order valence-corrected chi connectivity index (χ3v) is 5.24. The van der Waals surface area contributed by atoms with Crippen LogP contribution in [0.25, 0.3) is 0 Å². The minimum Gasteiger partial charge on any atom is -0.355 e. The Hall–Kier alpha value is -0.820. The number of aliphatic imine (C=N–C) groups is 1. The molecule has 2 unspecified atom stereocenters. The Morgan fingerprint density at radius 2 is 1.78 bits per heavy atom. The van der Waals surface area contributed by atoms with Gasteiger partial charge < -0.3 is 15.5 Å². The highest BCUT2D eigenvalue weighted by Gasteiger charge is 2.21. The molecule has 6 nitrogen and oxygen atoms in total. The number of rotatable bonds is 10. The van der Waals surface area contributed by atoms with E-state index in [4.69, 9.17) is 0 Å². The van der Waals surface area contributed by atoms with Crippen LogP contribution >= 0.6 is 0 Å². The molecule has 0 amide bonds. The summed E-state index contributed by atoms with van der Waals surface area (Å²) < 4.78 is 22.5. The monoisotopic (exact) mass is 348 g/mol. The van der Waals surface area contributed by atoms with Crippen molar-refractivity contribution in [2.75, 3.05) is 39.7 Å². The first-order valence-corrected chi connectivity index (χ1v) is 10.5. The number of hydrogen-bond acceptors (Lipinski definition) is 4. The van der Waals surface area contributed by atoms with E-state index in [-0.39, 0.29) is 11.8 Å². The van der Waals surface area contributed by atoms with Gasteiger partial charge in [-0.1, -0.05) is 26.7 Å². The maximum Gasteiger partial charge on any atom is 0.191 e. The molecule has 2 atom stereocenters. The molecule has 0 aromatic heterocycles. The van der Waals surface area contributed by atoms with Gasteiger partial charge >= 0.3 is 0 Å². The third kappa shape index (κ3) is 9.81. The molecule has 0 fully saturated rings. The summed E-state index contributed by atoms with van der Waals surface area (Å²) in [6.45, 7) is 7.25. The third-order valence-electron chi connectivity index (χ3n) is 4.26. The number of hydrogen-bond donors (Lipinski definition) is 2. The van der Waals surface area contributed by atoms with Crippen LogP contribution in [0.2, 0.25) is 0 Å². The van der Waals surface area contributed by atoms with Crippen LogP contribution in [0.15, 0.2) is 4.99 Å². The summed E-state index contributed by atoms with van der Waals surface area (Å²) >= 11 is 0. The van der Waals surface area contributed by atoms with Gasteiger partial charge in [0.25, 0.3) is 0 Å². The van der Waals surface area contributed by atoms with Crippen LogP contribution in [-0.4, -0.2) is 71.1 Å². The summed E-state index contributed by atoms with van der Waals surface area (Å²) in [6.07, 6.45) is 4.14. The molecule has 0 aliphatic carbocycles. The summed E-state index contributed by atoms with van der Waals surface area (Å²) in [7, 11) is 3.03. The van der Waals surface area contributed by atoms with E-state index in [1.165, 1.54) is 6.26 Å². The molecule has 0 aromatic rings. The molecule has 0 aromatic carbocycles. The van der Waals surface area contributed by atoms with Crippen LogP contribution in [0.1, 0.15) is 40.0 Å². The van der Waals surface area contributed by atoms with Gasteiger partial charge in [-0.2, -0.15) is 0 Å². The predicted octanol–water partition coefficient (Wildman–Crippen LogP) is 1.34. The number of sulfone groups is 1. The summed E-state index contributed by atoms with van der Waals surface area (Å²) in [5, 5.41) is 6.64. The van der Waals surface area contributed by atoms with Gasteiger partial charge in [-0.3, -0.25) is 4.99 Å². The van der Waals surface area contributed by atoms with Crippen LogP contribution < -0.4 is 10.6 Å². The molecule has 138 valence electrons. The van der Waals surface area contributed by atoms with E-state index >= 15 is 0 Å². The zero-order valence-corrected chi connectivity index (χ0v) is 16.7. The van der Waals surface area contributed by atoms with Crippen molar-refractivity contribution in [3.8, 4) is 0 Å². The van der Waals surface area contributed by atoms with E-state index in [0.29, 0.717) is 18.4 Å². The molecule has 0 rings (SSSR count). The van der Waals surface area contributed by atoms with E-state index in [1.54, 1.807) is 7.05 Å². The van der Waals surface area contributed by atoms with Crippen molar-refractivity contribution >= 4 is 15.8 Å². The summed E-state index contributed by atoms with van der Waals surface area (Å²) in [4.78, 5) is 6.50. The Morgan fingerprint density at radius 3 is 2.17 bits per heavy atom. The highest BCUT2D eigenvalue weighted by Crippen LogP contribution is 2.16. The average Bonchev–Trinajstić information content (AvgIpc) is 2.46. The summed E-state index contributed by atoms with van der Waals surface area (Å²) in [5.41, 5.74) is 0. The molecule has 2 N–H and O–H groups in total. The van der Waals surface area contributed by atoms with E-state index in [1.807, 2.05) is 6.92 Å². The van der Waals surface area contributed by atoms with Crippen molar-refractivity contribution < 1.29 is 8.42 Å². The Morgan fingerprint density at radius 1 is 1.22 bits per heavy atom. The van der Waals surface area contributed by atoms with Crippen molar-refractivity contribution in [1.82, 2.24) is 15.5 Å². The molecule has 0 radical (unpaired) electrons. The van der Waals surface area contributed by atoms with Crippen molar-refractivity contribution in [2.45, 2.75) is 52.1 Å². The second-order valence-electron chi connectivity index (χ2n) is 6.52. The second kappa shape index (κ2) is 10.9. The van der Waals surface area contributed by atoms with Gasteiger partial charge in [-0.15, -0.1) is 0 Å². The maximum absolute atomic E-state index is 11.2. The lowest BCUT2D eigenvalue weighted by Crippen LogP contribution is -2.49. The Balaban J connectivity index is 4.53. The SMILES string of the molecule is CCC(CC)C(CNC(=NC)NC(C)CCS(C)(=O)=O)N(C)C. The fourth-order valence-corrected chi connectivity index (χ4v) is 3.48. The summed E-state index contributed by atoms with van der Waals surface area (Å²) in [5.74, 6) is 1.55. The lowest BCUT2D eigenvalue weighted by atomic mass is 9.93. The van der Waals surface area contributed by atoms with E-state index in [0.717, 1.165) is 25.3 Å². The smallest absolute Gasteiger partial charge is 0.191 e. The zero-order chi connectivity index (χ0) is 18.0. The molecule has 0 aliphatic heterocycles. The normalized spacial score (nSPS) is 15.8. The van der Waals surface area contributed by atoms with Crippen molar-refractivity contribution in [3.05, 3.63) is 0 Å². The zero-order valence-electron chi connectivity index (χ0n) is 15.9. The van der Waals surface area contributed by atoms with E-state index in [2.05, 4.69) is 48.5 Å². The van der Waals surface area contributed by atoms with Gasteiger partial charge in [0.05, 0.1) is 5.75 Å². The molecule has 0 bridgehead atoms. The molecule has 0 aliphatic rings. The largest absolute Gasteiger partial charge is 0.355 e. The van der Waals surface area contributed by atoms with Gasteiger partial charge in [0.2, 0.25) is 0 Å². The number of likely N-dealkylation sites (N-methyl/N-ethyl adjacent to an activating group) is 1. The minimum atomic E-state index is -2.92. The predicted molar refractivity (Wildman–Crippen MR) is 99.8 cm³/mol. The molecule has 0 heterocycles. The van der Waals surface area contributed by atoms with Crippen molar-refractivity contribution in [3.63, 3.8) is 0 Å². The quantitative estimate of drug-likeness (QED) is 0.460. The maximum atomic E-state index is 11.2. The molecular weight excluding hydrogens is 312 g/mol. The average molecular weight is 349 g/mol. The fraction of sp³-hybridized carbons (Fsp3) is 0.938. The van der Waals surface area contributed by atoms with Crippen LogP contribution in [0.3, 0.4) is 0 Å². The Kier molecular flexibility index (Phi) is 10.5. The lowest BCUT2D eigenvalue weighted by Gasteiger charge is -2.32. The summed E-state index contributed by atoms with van der Waals surface area (Å²) in [6, 6.07) is 0.497. The van der Waals surface area contributed by atoms with Crippen molar-refractivity contribution in [2.24, 2.45) is 10.9 Å². The number of guanidine groups is 1.